The van der Waals surface area contributed by atoms with Gasteiger partial charge >= 0.3 is 0 Å². The maximum Gasteiger partial charge on any atom is 0.228 e. The Bertz CT molecular complexity index is 1010. The molecule has 0 fully saturated rings. The van der Waals surface area contributed by atoms with Gasteiger partial charge in [0.05, 0.1) is 32.4 Å². The summed E-state index contributed by atoms with van der Waals surface area (Å²) in [5.41, 5.74) is 3.91. The van der Waals surface area contributed by atoms with Gasteiger partial charge < -0.3 is 18.9 Å². The molecular formula is C22H24N2O4S. The van der Waals surface area contributed by atoms with Gasteiger partial charge in [0.25, 0.3) is 0 Å². The molecule has 29 heavy (non-hydrogen) atoms. The van der Waals surface area contributed by atoms with Crippen LogP contribution in [0.1, 0.15) is 39.1 Å². The van der Waals surface area contributed by atoms with E-state index >= 15 is 0 Å². The summed E-state index contributed by atoms with van der Waals surface area (Å²) in [6, 6.07) is 7.99. The summed E-state index contributed by atoms with van der Waals surface area (Å²) in [6.45, 7) is 4.37. The van der Waals surface area contributed by atoms with Crippen LogP contribution in [0.25, 0.3) is 0 Å². The number of thiophene rings is 1. The van der Waals surface area contributed by atoms with Crippen LogP contribution in [0, 0.1) is 13.8 Å². The van der Waals surface area contributed by atoms with Gasteiger partial charge in [-0.1, -0.05) is 11.2 Å². The first-order valence-corrected chi connectivity index (χ1v) is 10.4. The highest BCUT2D eigenvalue weighted by molar-refractivity contribution is 7.10. The van der Waals surface area contributed by atoms with Crippen molar-refractivity contribution < 1.29 is 18.8 Å². The molecule has 1 aliphatic rings. The van der Waals surface area contributed by atoms with Crippen LogP contribution in [0.5, 0.6) is 11.5 Å². The molecule has 152 valence electrons. The van der Waals surface area contributed by atoms with Gasteiger partial charge in [-0.25, -0.2) is 0 Å². The molecule has 1 aliphatic heterocycles. The number of carbonyl (C=O) groups is 1. The number of benzene rings is 1. The lowest BCUT2D eigenvalue weighted by Crippen LogP contribution is -2.41. The van der Waals surface area contributed by atoms with Gasteiger partial charge in [0, 0.05) is 17.0 Å². The lowest BCUT2D eigenvalue weighted by Gasteiger charge is -2.37. The molecule has 0 N–H and O–H groups in total. The van der Waals surface area contributed by atoms with Gasteiger partial charge in [-0.2, -0.15) is 0 Å². The van der Waals surface area contributed by atoms with Gasteiger partial charge in [0.1, 0.15) is 5.76 Å². The topological polar surface area (TPSA) is 64.8 Å². The van der Waals surface area contributed by atoms with Crippen molar-refractivity contribution in [3.63, 3.8) is 0 Å². The second-order valence-corrected chi connectivity index (χ2v) is 8.12. The number of carbonyl (C=O) groups excluding carboxylic acids is 1. The van der Waals surface area contributed by atoms with Gasteiger partial charge in [-0.05, 0) is 55.0 Å². The third-order valence-electron chi connectivity index (χ3n) is 5.52. The second-order valence-electron chi connectivity index (χ2n) is 7.14. The third-order valence-corrected chi connectivity index (χ3v) is 6.44. The van der Waals surface area contributed by atoms with Gasteiger partial charge in [0.15, 0.2) is 11.5 Å². The number of ether oxygens (including phenoxy) is 2. The highest BCUT2D eigenvalue weighted by atomic mass is 32.1. The zero-order valence-electron chi connectivity index (χ0n) is 17.0. The standard InChI is InChI=1S/C22H24N2O4S/c1-13-16(14(2)28-23-13)12-21(25)24-8-7-15-10-18(26-3)19(27-4)11-17(15)22(24)20-6-5-9-29-20/h5-6,9-11,22H,7-8,12H2,1-4H3/t22-/m1/s1. The molecule has 3 heterocycles. The predicted molar refractivity (Wildman–Crippen MR) is 111 cm³/mol. The van der Waals surface area contributed by atoms with E-state index in [0.717, 1.165) is 28.1 Å². The van der Waals surface area contributed by atoms with Crippen LogP contribution in [-0.4, -0.2) is 36.7 Å². The van der Waals surface area contributed by atoms with Crippen molar-refractivity contribution >= 4 is 17.2 Å². The lowest BCUT2D eigenvalue weighted by atomic mass is 9.90. The number of methoxy groups -OCH3 is 2. The van der Waals surface area contributed by atoms with Crippen molar-refractivity contribution in [3.8, 4) is 11.5 Å². The zero-order valence-corrected chi connectivity index (χ0v) is 17.8. The van der Waals surface area contributed by atoms with Crippen LogP contribution in [-0.2, 0) is 17.6 Å². The molecule has 0 saturated heterocycles. The van der Waals surface area contributed by atoms with E-state index in [4.69, 9.17) is 14.0 Å². The summed E-state index contributed by atoms with van der Waals surface area (Å²) in [7, 11) is 3.27. The molecule has 0 aliphatic carbocycles. The summed E-state index contributed by atoms with van der Waals surface area (Å²) >= 11 is 1.66. The van der Waals surface area contributed by atoms with E-state index in [-0.39, 0.29) is 18.4 Å². The molecule has 1 amide bonds. The van der Waals surface area contributed by atoms with Crippen LogP contribution < -0.4 is 9.47 Å². The fraction of sp³-hybridized carbons (Fsp3) is 0.364. The Morgan fingerprint density at radius 2 is 2.03 bits per heavy atom. The first kappa shape index (κ1) is 19.5. The van der Waals surface area contributed by atoms with Crippen molar-refractivity contribution in [1.82, 2.24) is 10.1 Å². The van der Waals surface area contributed by atoms with Gasteiger partial charge in [-0.3, -0.25) is 4.79 Å². The second kappa shape index (κ2) is 7.91. The van der Waals surface area contributed by atoms with E-state index < -0.39 is 0 Å². The van der Waals surface area contributed by atoms with E-state index in [2.05, 4.69) is 11.2 Å². The number of hydrogen-bond donors (Lipinski definition) is 0. The van der Waals surface area contributed by atoms with Crippen molar-refractivity contribution in [2.24, 2.45) is 0 Å². The largest absolute Gasteiger partial charge is 0.493 e. The minimum Gasteiger partial charge on any atom is -0.493 e. The molecule has 0 saturated carbocycles. The SMILES string of the molecule is COc1cc2c(cc1OC)[C@H](c1cccs1)N(C(=O)Cc1c(C)noc1C)CC2. The van der Waals surface area contributed by atoms with Crippen LogP contribution in [0.2, 0.25) is 0 Å². The minimum atomic E-state index is -0.147. The van der Waals surface area contributed by atoms with Crippen molar-refractivity contribution in [2.45, 2.75) is 32.7 Å². The van der Waals surface area contributed by atoms with E-state index in [1.807, 2.05) is 42.3 Å². The zero-order chi connectivity index (χ0) is 20.5. The van der Waals surface area contributed by atoms with E-state index in [9.17, 15) is 4.79 Å². The molecule has 0 radical (unpaired) electrons. The number of amides is 1. The Kier molecular flexibility index (Phi) is 5.32. The molecule has 2 aromatic heterocycles. The van der Waals surface area contributed by atoms with Crippen molar-refractivity contribution in [1.29, 1.82) is 0 Å². The fourth-order valence-electron chi connectivity index (χ4n) is 3.98. The summed E-state index contributed by atoms with van der Waals surface area (Å²) in [6.07, 6.45) is 1.05. The monoisotopic (exact) mass is 412 g/mol. The minimum absolute atomic E-state index is 0.0678. The molecule has 0 unspecified atom stereocenters. The molecule has 7 heteroatoms. The smallest absolute Gasteiger partial charge is 0.228 e. The maximum atomic E-state index is 13.4. The molecule has 1 atom stereocenters. The van der Waals surface area contributed by atoms with E-state index in [1.54, 1.807) is 25.6 Å². The number of aryl methyl sites for hydroxylation is 2. The van der Waals surface area contributed by atoms with Crippen LogP contribution >= 0.6 is 11.3 Å². The maximum absolute atomic E-state index is 13.4. The first-order chi connectivity index (χ1) is 14.0. The Balaban J connectivity index is 1.75. The normalized spacial score (nSPS) is 15.9. The molecular weight excluding hydrogens is 388 g/mol. The number of fused-ring (bicyclic) bond motifs is 1. The Morgan fingerprint density at radius 1 is 1.28 bits per heavy atom. The predicted octanol–water partition coefficient (Wildman–Crippen LogP) is 4.09. The molecule has 1 aromatic carbocycles. The first-order valence-electron chi connectivity index (χ1n) is 9.53. The molecule has 6 nitrogen and oxygen atoms in total. The van der Waals surface area contributed by atoms with Gasteiger partial charge in [-0.15, -0.1) is 11.3 Å². The average Bonchev–Trinajstić information content (AvgIpc) is 3.37. The Labute approximate surface area is 174 Å². The van der Waals surface area contributed by atoms with Crippen molar-refractivity contribution in [3.05, 3.63) is 62.7 Å². The van der Waals surface area contributed by atoms with Crippen molar-refractivity contribution in [2.75, 3.05) is 20.8 Å². The quantitative estimate of drug-likeness (QED) is 0.632. The van der Waals surface area contributed by atoms with E-state index in [1.165, 1.54) is 5.56 Å². The average molecular weight is 413 g/mol. The van der Waals surface area contributed by atoms with Crippen LogP contribution in [0.4, 0.5) is 0 Å². The number of nitrogens with zero attached hydrogens (tertiary/aromatic N) is 2. The van der Waals surface area contributed by atoms with Gasteiger partial charge in [0.2, 0.25) is 5.91 Å². The summed E-state index contributed by atoms with van der Waals surface area (Å²) in [5, 5.41) is 6.03. The highest BCUT2D eigenvalue weighted by Gasteiger charge is 2.34. The summed E-state index contributed by atoms with van der Waals surface area (Å²) in [4.78, 5) is 16.5. The molecule has 3 aromatic rings. The third kappa shape index (κ3) is 3.51. The lowest BCUT2D eigenvalue weighted by molar-refractivity contribution is -0.132. The summed E-state index contributed by atoms with van der Waals surface area (Å²) < 4.78 is 16.3. The molecule has 4 rings (SSSR count). The number of rotatable bonds is 5. The Hall–Kier alpha value is -2.80. The van der Waals surface area contributed by atoms with Crippen LogP contribution in [0.15, 0.2) is 34.2 Å². The fourth-order valence-corrected chi connectivity index (χ4v) is 4.83. The van der Waals surface area contributed by atoms with Crippen LogP contribution in [0.3, 0.4) is 0 Å². The number of hydrogen-bond acceptors (Lipinski definition) is 6. The van der Waals surface area contributed by atoms with E-state index in [0.29, 0.717) is 23.8 Å². The summed E-state index contributed by atoms with van der Waals surface area (Å²) in [5.74, 6) is 2.16. The highest BCUT2D eigenvalue weighted by Crippen LogP contribution is 2.42. The molecule has 0 bridgehead atoms. The molecule has 0 spiro atoms. The Morgan fingerprint density at radius 3 is 2.66 bits per heavy atom. The number of aromatic nitrogens is 1.